The van der Waals surface area contributed by atoms with Gasteiger partial charge in [-0.1, -0.05) is 24.3 Å². The highest BCUT2D eigenvalue weighted by atomic mass is 32.2. The van der Waals surface area contributed by atoms with Crippen LogP contribution in [0.15, 0.2) is 48.5 Å². The number of hydrogen-bond donors (Lipinski definition) is 1. The van der Waals surface area contributed by atoms with E-state index in [0.29, 0.717) is 11.1 Å². The second kappa shape index (κ2) is 8.77. The topological polar surface area (TPSA) is 89.5 Å². The highest BCUT2D eigenvalue weighted by Crippen LogP contribution is 2.19. The normalized spacial score (nSPS) is 12.3. The molecule has 0 unspecified atom stereocenters. The number of ether oxygens (including phenoxy) is 1. The monoisotopic (exact) mass is 393 g/mol. The summed E-state index contributed by atoms with van der Waals surface area (Å²) >= 11 is 0. The van der Waals surface area contributed by atoms with Gasteiger partial charge >= 0.3 is 5.97 Å². The Morgan fingerprint density at radius 3 is 2.41 bits per heavy atom. The van der Waals surface area contributed by atoms with Crippen LogP contribution in [0, 0.1) is 5.82 Å². The maximum Gasteiger partial charge on any atom is 0.307 e. The maximum atomic E-state index is 13.2. The van der Waals surface area contributed by atoms with Crippen LogP contribution < -0.4 is 5.32 Å². The fourth-order valence-corrected chi connectivity index (χ4v) is 3.33. The van der Waals surface area contributed by atoms with Crippen molar-refractivity contribution in [3.63, 3.8) is 0 Å². The number of carbonyl (C=O) groups is 2. The summed E-state index contributed by atoms with van der Waals surface area (Å²) in [6.45, 7) is 0. The van der Waals surface area contributed by atoms with Gasteiger partial charge in [-0.15, -0.1) is 0 Å². The number of methoxy groups -OCH3 is 1. The molecule has 0 saturated carbocycles. The molecule has 2 rings (SSSR count). The quantitative estimate of drug-likeness (QED) is 0.730. The average Bonchev–Trinajstić information content (AvgIpc) is 2.60. The lowest BCUT2D eigenvalue weighted by atomic mass is 10.0. The third kappa shape index (κ3) is 6.49. The van der Waals surface area contributed by atoms with Gasteiger partial charge in [0.05, 0.1) is 25.3 Å². The van der Waals surface area contributed by atoms with Crippen LogP contribution >= 0.6 is 0 Å². The highest BCUT2D eigenvalue weighted by molar-refractivity contribution is 7.89. The lowest BCUT2D eigenvalue weighted by Gasteiger charge is -2.18. The first-order chi connectivity index (χ1) is 12.7. The molecule has 0 aromatic heterocycles. The van der Waals surface area contributed by atoms with E-state index in [2.05, 4.69) is 10.1 Å². The Bertz CT molecular complexity index is 925. The summed E-state index contributed by atoms with van der Waals surface area (Å²) < 4.78 is 40.7. The molecule has 1 amide bonds. The maximum absolute atomic E-state index is 13.2. The van der Waals surface area contributed by atoms with E-state index in [-0.39, 0.29) is 17.7 Å². The van der Waals surface area contributed by atoms with E-state index in [0.717, 1.165) is 6.26 Å². The fraction of sp³-hybridized carbons (Fsp3) is 0.263. The molecule has 2 aromatic rings. The highest BCUT2D eigenvalue weighted by Gasteiger charge is 2.20. The van der Waals surface area contributed by atoms with Crippen molar-refractivity contribution < 1.29 is 27.1 Å². The molecule has 0 aliphatic carbocycles. The summed E-state index contributed by atoms with van der Waals surface area (Å²) in [5.41, 5.74) is 1.28. The van der Waals surface area contributed by atoms with Crippen LogP contribution in [0.4, 0.5) is 4.39 Å². The second-order valence-corrected chi connectivity index (χ2v) is 8.27. The molecule has 0 radical (unpaired) electrons. The van der Waals surface area contributed by atoms with E-state index in [1.54, 1.807) is 18.2 Å². The Morgan fingerprint density at radius 1 is 1.15 bits per heavy atom. The number of amides is 1. The average molecular weight is 393 g/mol. The molecule has 0 aliphatic rings. The van der Waals surface area contributed by atoms with Crippen molar-refractivity contribution in [2.75, 3.05) is 13.4 Å². The van der Waals surface area contributed by atoms with Crippen molar-refractivity contribution in [3.05, 3.63) is 71.0 Å². The van der Waals surface area contributed by atoms with Gasteiger partial charge in [-0.2, -0.15) is 0 Å². The Morgan fingerprint density at radius 2 is 1.81 bits per heavy atom. The Labute approximate surface area is 157 Å². The lowest BCUT2D eigenvalue weighted by Crippen LogP contribution is -2.30. The molecular formula is C19H20FNO5S. The lowest BCUT2D eigenvalue weighted by molar-refractivity contribution is -0.141. The van der Waals surface area contributed by atoms with Crippen molar-refractivity contribution in [1.82, 2.24) is 5.32 Å². The van der Waals surface area contributed by atoms with Crippen LogP contribution in [0.3, 0.4) is 0 Å². The van der Waals surface area contributed by atoms with Gasteiger partial charge in [0.15, 0.2) is 9.84 Å². The van der Waals surface area contributed by atoms with E-state index in [1.807, 2.05) is 0 Å². The molecule has 1 atom stereocenters. The second-order valence-electron chi connectivity index (χ2n) is 6.13. The Kier molecular flexibility index (Phi) is 6.68. The molecule has 0 aliphatic heterocycles. The van der Waals surface area contributed by atoms with Gasteiger partial charge in [0.1, 0.15) is 5.82 Å². The summed E-state index contributed by atoms with van der Waals surface area (Å²) in [4.78, 5) is 24.3. The number of esters is 1. The minimum atomic E-state index is -3.24. The molecule has 0 saturated heterocycles. The SMILES string of the molecule is COC(=O)C[C@@H](NC(=O)c1cccc(CS(C)(=O)=O)c1)c1ccc(F)cc1. The molecule has 0 heterocycles. The predicted octanol–water partition coefficient (Wildman–Crippen LogP) is 2.40. The molecule has 0 bridgehead atoms. The zero-order valence-corrected chi connectivity index (χ0v) is 15.8. The predicted molar refractivity (Wildman–Crippen MR) is 98.2 cm³/mol. The first-order valence-corrected chi connectivity index (χ1v) is 10.1. The molecule has 0 spiro atoms. The summed E-state index contributed by atoms with van der Waals surface area (Å²) in [7, 11) is -2.00. The minimum Gasteiger partial charge on any atom is -0.469 e. The minimum absolute atomic E-state index is 0.128. The third-order valence-electron chi connectivity index (χ3n) is 3.79. The first-order valence-electron chi connectivity index (χ1n) is 8.08. The first kappa shape index (κ1) is 20.6. The van der Waals surface area contributed by atoms with Gasteiger partial charge in [-0.05, 0) is 35.4 Å². The van der Waals surface area contributed by atoms with Crippen LogP contribution in [0.5, 0.6) is 0 Å². The number of sulfone groups is 1. The molecule has 1 N–H and O–H groups in total. The van der Waals surface area contributed by atoms with Crippen molar-refractivity contribution in [2.45, 2.75) is 18.2 Å². The number of carbonyl (C=O) groups excluding carboxylic acids is 2. The van der Waals surface area contributed by atoms with Crippen LogP contribution in [0.2, 0.25) is 0 Å². The van der Waals surface area contributed by atoms with E-state index in [9.17, 15) is 22.4 Å². The largest absolute Gasteiger partial charge is 0.469 e. The molecule has 27 heavy (non-hydrogen) atoms. The van der Waals surface area contributed by atoms with Crippen LogP contribution in [0.25, 0.3) is 0 Å². The molecule has 2 aromatic carbocycles. The summed E-state index contributed by atoms with van der Waals surface area (Å²) in [5.74, 6) is -1.63. The van der Waals surface area contributed by atoms with Gasteiger partial charge < -0.3 is 10.1 Å². The van der Waals surface area contributed by atoms with Crippen molar-refractivity contribution >= 4 is 21.7 Å². The van der Waals surface area contributed by atoms with Gasteiger partial charge in [0.2, 0.25) is 0 Å². The van der Waals surface area contributed by atoms with E-state index < -0.39 is 33.6 Å². The number of rotatable bonds is 7. The van der Waals surface area contributed by atoms with Crippen LogP contribution in [-0.4, -0.2) is 33.7 Å². The molecule has 0 fully saturated rings. The van der Waals surface area contributed by atoms with Crippen molar-refractivity contribution in [3.8, 4) is 0 Å². The van der Waals surface area contributed by atoms with Gasteiger partial charge in [-0.25, -0.2) is 12.8 Å². The van der Waals surface area contributed by atoms with Crippen LogP contribution in [-0.2, 0) is 25.1 Å². The molecule has 8 heteroatoms. The summed E-state index contributed by atoms with van der Waals surface area (Å²) in [6.07, 6.45) is 0.984. The summed E-state index contributed by atoms with van der Waals surface area (Å²) in [6, 6.07) is 10.9. The fourth-order valence-electron chi connectivity index (χ4n) is 2.54. The van der Waals surface area contributed by atoms with E-state index in [4.69, 9.17) is 0 Å². The molecule has 6 nitrogen and oxygen atoms in total. The van der Waals surface area contributed by atoms with Crippen molar-refractivity contribution in [1.29, 1.82) is 0 Å². The standard InChI is InChI=1S/C19H20FNO5S/c1-26-18(22)11-17(14-6-8-16(20)9-7-14)21-19(23)15-5-3-4-13(10-15)12-27(2,24)25/h3-10,17H,11-12H2,1-2H3,(H,21,23)/t17-/m1/s1. The van der Waals surface area contributed by atoms with Crippen LogP contribution in [0.1, 0.15) is 33.9 Å². The Balaban J connectivity index is 2.23. The van der Waals surface area contributed by atoms with Gasteiger partial charge in [-0.3, -0.25) is 9.59 Å². The Hall–Kier alpha value is -2.74. The molecule has 144 valence electrons. The van der Waals surface area contributed by atoms with E-state index >= 15 is 0 Å². The third-order valence-corrected chi connectivity index (χ3v) is 4.65. The smallest absolute Gasteiger partial charge is 0.307 e. The number of benzene rings is 2. The zero-order valence-electron chi connectivity index (χ0n) is 14.9. The zero-order chi connectivity index (χ0) is 20.0. The number of halogens is 1. The molecular weight excluding hydrogens is 373 g/mol. The van der Waals surface area contributed by atoms with Crippen molar-refractivity contribution in [2.24, 2.45) is 0 Å². The summed E-state index contributed by atoms with van der Waals surface area (Å²) in [5, 5.41) is 2.71. The van der Waals surface area contributed by atoms with Gasteiger partial charge in [0.25, 0.3) is 5.91 Å². The number of hydrogen-bond acceptors (Lipinski definition) is 5. The van der Waals surface area contributed by atoms with E-state index in [1.165, 1.54) is 37.4 Å². The van der Waals surface area contributed by atoms with Gasteiger partial charge in [0, 0.05) is 11.8 Å². The number of nitrogens with one attached hydrogen (secondary N) is 1.